The molecule has 110 valence electrons. The molecule has 0 aliphatic carbocycles. The van der Waals surface area contributed by atoms with Crippen LogP contribution in [0.3, 0.4) is 0 Å². The van der Waals surface area contributed by atoms with Crippen molar-refractivity contribution in [2.45, 2.75) is 19.8 Å². The van der Waals surface area contributed by atoms with E-state index < -0.39 is 0 Å². The molecule has 1 aliphatic rings. The molecule has 0 unspecified atom stereocenters. The first kappa shape index (κ1) is 15.1. The first-order chi connectivity index (χ1) is 9.81. The van der Waals surface area contributed by atoms with Crippen molar-refractivity contribution in [1.29, 1.82) is 0 Å². The molecule has 0 amide bonds. The first-order valence-electron chi connectivity index (χ1n) is 7.54. The van der Waals surface area contributed by atoms with E-state index in [0.29, 0.717) is 0 Å². The van der Waals surface area contributed by atoms with Crippen LogP contribution in [0.25, 0.3) is 5.57 Å². The van der Waals surface area contributed by atoms with Gasteiger partial charge in [-0.25, -0.2) is 0 Å². The third kappa shape index (κ3) is 4.36. The Labute approximate surface area is 122 Å². The Kier molecular flexibility index (Phi) is 6.09. The molecule has 2 rings (SSSR count). The van der Waals surface area contributed by atoms with Gasteiger partial charge < -0.3 is 15.0 Å². The van der Waals surface area contributed by atoms with Crippen LogP contribution in [0, 0.1) is 0 Å². The van der Waals surface area contributed by atoms with Crippen molar-refractivity contribution in [3.63, 3.8) is 0 Å². The van der Waals surface area contributed by atoms with Gasteiger partial charge in [-0.15, -0.1) is 0 Å². The molecule has 0 spiro atoms. The number of hydrogen-bond acceptors (Lipinski definition) is 3. The van der Waals surface area contributed by atoms with E-state index in [9.17, 15) is 0 Å². The van der Waals surface area contributed by atoms with Crippen molar-refractivity contribution in [3.8, 4) is 5.75 Å². The molecule has 1 aromatic carbocycles. The van der Waals surface area contributed by atoms with Crippen molar-refractivity contribution in [2.75, 3.05) is 39.8 Å². The fraction of sp³-hybridized carbons (Fsp3) is 0.529. The van der Waals surface area contributed by atoms with Crippen molar-refractivity contribution in [2.24, 2.45) is 0 Å². The topological polar surface area (TPSA) is 24.5 Å². The van der Waals surface area contributed by atoms with E-state index in [4.69, 9.17) is 4.74 Å². The normalized spacial score (nSPS) is 17.8. The van der Waals surface area contributed by atoms with Crippen LogP contribution in [0.2, 0.25) is 0 Å². The highest BCUT2D eigenvalue weighted by Crippen LogP contribution is 2.25. The zero-order valence-corrected chi connectivity index (χ0v) is 12.7. The zero-order chi connectivity index (χ0) is 14.2. The maximum Gasteiger partial charge on any atom is 0.126 e. The van der Waals surface area contributed by atoms with E-state index in [1.807, 2.05) is 12.1 Å². The minimum Gasteiger partial charge on any atom is -0.496 e. The summed E-state index contributed by atoms with van der Waals surface area (Å²) in [6.07, 6.45) is 4.69. The molecule has 1 aliphatic heterocycles. The van der Waals surface area contributed by atoms with Gasteiger partial charge in [-0.1, -0.05) is 24.3 Å². The Morgan fingerprint density at radius 3 is 3.00 bits per heavy atom. The Hall–Kier alpha value is -1.32. The van der Waals surface area contributed by atoms with Crippen LogP contribution in [0.5, 0.6) is 5.75 Å². The van der Waals surface area contributed by atoms with Crippen molar-refractivity contribution in [1.82, 2.24) is 10.2 Å². The third-order valence-electron chi connectivity index (χ3n) is 3.86. The van der Waals surface area contributed by atoms with Gasteiger partial charge in [0, 0.05) is 25.2 Å². The first-order valence-corrected chi connectivity index (χ1v) is 7.54. The molecule has 0 atom stereocenters. The fourth-order valence-corrected chi connectivity index (χ4v) is 2.67. The quantitative estimate of drug-likeness (QED) is 0.893. The molecule has 0 aromatic heterocycles. The maximum absolute atomic E-state index is 5.42. The van der Waals surface area contributed by atoms with Crippen molar-refractivity contribution in [3.05, 3.63) is 35.9 Å². The lowest BCUT2D eigenvalue weighted by Crippen LogP contribution is -2.28. The third-order valence-corrected chi connectivity index (χ3v) is 3.86. The summed E-state index contributed by atoms with van der Waals surface area (Å²) in [7, 11) is 1.73. The zero-order valence-electron chi connectivity index (χ0n) is 12.7. The summed E-state index contributed by atoms with van der Waals surface area (Å²) in [5.74, 6) is 0.959. The highest BCUT2D eigenvalue weighted by molar-refractivity contribution is 5.68. The van der Waals surface area contributed by atoms with Gasteiger partial charge in [0.05, 0.1) is 7.11 Å². The van der Waals surface area contributed by atoms with Crippen LogP contribution in [0.4, 0.5) is 0 Å². The predicted molar refractivity (Wildman–Crippen MR) is 85.2 cm³/mol. The molecular weight excluding hydrogens is 248 g/mol. The molecule has 1 fully saturated rings. The molecule has 0 bridgehead atoms. The van der Waals surface area contributed by atoms with Gasteiger partial charge in [0.2, 0.25) is 0 Å². The minimum absolute atomic E-state index is 0.959. The van der Waals surface area contributed by atoms with E-state index in [1.165, 1.54) is 30.6 Å². The standard InChI is InChI=1S/C17H26N2O/c1-15(16-8-3-4-9-17(16)20-2)7-5-12-19-13-6-10-18-11-14-19/h3-4,7-9,18H,5-6,10-14H2,1-2H3/b15-7+. The summed E-state index contributed by atoms with van der Waals surface area (Å²) >= 11 is 0. The molecule has 3 nitrogen and oxygen atoms in total. The predicted octanol–water partition coefficient (Wildman–Crippen LogP) is 2.78. The molecule has 1 heterocycles. The molecule has 3 heteroatoms. The van der Waals surface area contributed by atoms with Gasteiger partial charge in [0.25, 0.3) is 0 Å². The van der Waals surface area contributed by atoms with Gasteiger partial charge in [-0.2, -0.15) is 0 Å². The molecule has 20 heavy (non-hydrogen) atoms. The van der Waals surface area contributed by atoms with Crippen LogP contribution in [-0.4, -0.2) is 44.7 Å². The highest BCUT2D eigenvalue weighted by Gasteiger charge is 2.07. The average molecular weight is 274 g/mol. The van der Waals surface area contributed by atoms with E-state index in [1.54, 1.807) is 7.11 Å². The Bertz CT molecular complexity index is 434. The second kappa shape index (κ2) is 8.08. The number of benzene rings is 1. The summed E-state index contributed by atoms with van der Waals surface area (Å²) in [6, 6.07) is 8.23. The van der Waals surface area contributed by atoms with Crippen molar-refractivity contribution < 1.29 is 4.74 Å². The molecule has 1 N–H and O–H groups in total. The number of methoxy groups -OCH3 is 1. The van der Waals surface area contributed by atoms with Crippen LogP contribution >= 0.6 is 0 Å². The largest absolute Gasteiger partial charge is 0.496 e. The lowest BCUT2D eigenvalue weighted by Gasteiger charge is -2.18. The van der Waals surface area contributed by atoms with Gasteiger partial charge in [-0.05, 0) is 44.5 Å². The summed E-state index contributed by atoms with van der Waals surface area (Å²) < 4.78 is 5.42. The summed E-state index contributed by atoms with van der Waals surface area (Å²) in [5.41, 5.74) is 2.50. The van der Waals surface area contributed by atoms with Crippen LogP contribution in [0.15, 0.2) is 30.3 Å². The van der Waals surface area contributed by atoms with Gasteiger partial charge in [0.15, 0.2) is 0 Å². The number of nitrogens with one attached hydrogen (secondary N) is 1. The minimum atomic E-state index is 0.959. The van der Waals surface area contributed by atoms with E-state index in [2.05, 4.69) is 35.3 Å². The lowest BCUT2D eigenvalue weighted by atomic mass is 10.1. The van der Waals surface area contributed by atoms with E-state index >= 15 is 0 Å². The second-order valence-corrected chi connectivity index (χ2v) is 5.32. The van der Waals surface area contributed by atoms with Crippen LogP contribution in [0.1, 0.15) is 25.3 Å². The van der Waals surface area contributed by atoms with Gasteiger partial charge in [-0.3, -0.25) is 0 Å². The number of rotatable bonds is 5. The number of ether oxygens (including phenoxy) is 1. The van der Waals surface area contributed by atoms with Crippen molar-refractivity contribution >= 4 is 5.57 Å². The Balaban J connectivity index is 1.90. The monoisotopic (exact) mass is 274 g/mol. The number of para-hydroxylation sites is 1. The summed E-state index contributed by atoms with van der Waals surface area (Å²) in [4.78, 5) is 2.55. The molecular formula is C17H26N2O. The Morgan fingerprint density at radius 1 is 1.30 bits per heavy atom. The molecule has 1 saturated heterocycles. The molecule has 0 radical (unpaired) electrons. The van der Waals surface area contributed by atoms with E-state index in [0.717, 1.165) is 31.8 Å². The fourth-order valence-electron chi connectivity index (χ4n) is 2.67. The smallest absolute Gasteiger partial charge is 0.126 e. The van der Waals surface area contributed by atoms with Gasteiger partial charge in [0.1, 0.15) is 5.75 Å². The number of hydrogen-bond donors (Lipinski definition) is 1. The lowest BCUT2D eigenvalue weighted by molar-refractivity contribution is 0.298. The second-order valence-electron chi connectivity index (χ2n) is 5.32. The van der Waals surface area contributed by atoms with Gasteiger partial charge >= 0.3 is 0 Å². The number of allylic oxidation sites excluding steroid dienone is 1. The Morgan fingerprint density at radius 2 is 2.15 bits per heavy atom. The average Bonchev–Trinajstić information content (AvgIpc) is 2.76. The maximum atomic E-state index is 5.42. The van der Waals surface area contributed by atoms with Crippen LogP contribution in [-0.2, 0) is 0 Å². The number of nitrogens with zero attached hydrogens (tertiary/aromatic N) is 1. The van der Waals surface area contributed by atoms with E-state index in [-0.39, 0.29) is 0 Å². The highest BCUT2D eigenvalue weighted by atomic mass is 16.5. The van der Waals surface area contributed by atoms with Crippen LogP contribution < -0.4 is 10.1 Å². The molecule has 1 aromatic rings. The summed E-state index contributed by atoms with van der Waals surface area (Å²) in [5, 5.41) is 3.44. The summed E-state index contributed by atoms with van der Waals surface area (Å²) in [6.45, 7) is 7.98. The molecule has 0 saturated carbocycles. The SMILES string of the molecule is COc1ccccc1/C(C)=C/CCN1CCCNCC1.